The molecular weight excluding hydrogens is 300 g/mol. The Balaban J connectivity index is 1.59. The van der Waals surface area contributed by atoms with Crippen LogP contribution in [0, 0.1) is 19.8 Å². The second kappa shape index (κ2) is 7.26. The number of rotatable bonds is 4. The van der Waals surface area contributed by atoms with E-state index in [1.165, 1.54) is 25.8 Å². The lowest BCUT2D eigenvalue weighted by molar-refractivity contribution is -0.130. The second-order valence-electron chi connectivity index (χ2n) is 7.85. The Morgan fingerprint density at radius 1 is 1.29 bits per heavy atom. The molecule has 0 unspecified atom stereocenters. The van der Waals surface area contributed by atoms with E-state index in [1.54, 1.807) is 0 Å². The van der Waals surface area contributed by atoms with Crippen molar-refractivity contribution in [2.45, 2.75) is 72.0 Å². The summed E-state index contributed by atoms with van der Waals surface area (Å²) in [5.74, 6) is 0.951. The van der Waals surface area contributed by atoms with Crippen LogP contribution in [0.5, 0.6) is 0 Å². The van der Waals surface area contributed by atoms with Gasteiger partial charge < -0.3 is 4.90 Å². The van der Waals surface area contributed by atoms with Gasteiger partial charge in [0.1, 0.15) is 0 Å². The van der Waals surface area contributed by atoms with E-state index in [0.717, 1.165) is 24.5 Å². The molecule has 3 heterocycles. The minimum atomic E-state index is 0.291. The average Bonchev–Trinajstić information content (AvgIpc) is 3.01. The van der Waals surface area contributed by atoms with Crippen LogP contribution in [0.4, 0.5) is 0 Å². The van der Waals surface area contributed by atoms with Crippen molar-refractivity contribution in [3.63, 3.8) is 0 Å². The average molecular weight is 332 g/mol. The summed E-state index contributed by atoms with van der Waals surface area (Å²) in [5.41, 5.74) is 2.16. The molecule has 0 aliphatic carbocycles. The summed E-state index contributed by atoms with van der Waals surface area (Å²) < 4.78 is 1.96. The zero-order valence-corrected chi connectivity index (χ0v) is 15.7. The minimum Gasteiger partial charge on any atom is -0.341 e. The molecule has 0 bridgehead atoms. The maximum absolute atomic E-state index is 12.7. The largest absolute Gasteiger partial charge is 0.341 e. The molecule has 5 nitrogen and oxygen atoms in total. The number of aryl methyl sites for hydroxylation is 3. The first kappa shape index (κ1) is 17.5. The van der Waals surface area contributed by atoms with Gasteiger partial charge in [0.15, 0.2) is 0 Å². The Morgan fingerprint density at radius 3 is 2.75 bits per heavy atom. The number of carbonyl (C=O) groups excluding carboxylic acids is 1. The molecule has 134 valence electrons. The van der Waals surface area contributed by atoms with Gasteiger partial charge >= 0.3 is 0 Å². The van der Waals surface area contributed by atoms with Crippen molar-refractivity contribution in [1.29, 1.82) is 0 Å². The number of hydrogen-bond acceptors (Lipinski definition) is 3. The highest BCUT2D eigenvalue weighted by Crippen LogP contribution is 2.31. The Labute approximate surface area is 146 Å². The van der Waals surface area contributed by atoms with Crippen LogP contribution in [0.25, 0.3) is 0 Å². The first-order valence-corrected chi connectivity index (χ1v) is 9.50. The van der Waals surface area contributed by atoms with E-state index in [-0.39, 0.29) is 0 Å². The van der Waals surface area contributed by atoms with Crippen molar-refractivity contribution < 1.29 is 4.79 Å². The summed E-state index contributed by atoms with van der Waals surface area (Å²) in [5, 5.41) is 4.47. The fraction of sp³-hybridized carbons (Fsp3) is 0.789. The second-order valence-corrected chi connectivity index (χ2v) is 7.85. The molecular formula is C19H32N4O. The number of fused-ring (bicyclic) bond motifs is 1. The monoisotopic (exact) mass is 332 g/mol. The van der Waals surface area contributed by atoms with Crippen LogP contribution < -0.4 is 0 Å². The molecule has 0 saturated carbocycles. The standard InChI is InChI=1S/C19H32N4O/c1-14(2)22-9-6-5-7-17-12-21(13-18(17)22)19(24)8-10-23-16(4)11-15(3)20-23/h11,14,17-18H,5-10,12-13H2,1-4H3/t17-,18+/m0/s1. The van der Waals surface area contributed by atoms with Gasteiger partial charge in [-0.15, -0.1) is 0 Å². The maximum Gasteiger partial charge on any atom is 0.224 e. The molecule has 2 aliphatic rings. The molecule has 0 aromatic carbocycles. The van der Waals surface area contributed by atoms with Gasteiger partial charge in [0.25, 0.3) is 0 Å². The van der Waals surface area contributed by atoms with Crippen molar-refractivity contribution in [2.24, 2.45) is 5.92 Å². The molecule has 3 rings (SSSR count). The molecule has 24 heavy (non-hydrogen) atoms. The molecule has 1 aromatic rings. The van der Waals surface area contributed by atoms with Crippen LogP contribution in [0.2, 0.25) is 0 Å². The van der Waals surface area contributed by atoms with Gasteiger partial charge in [0, 0.05) is 43.8 Å². The quantitative estimate of drug-likeness (QED) is 0.851. The number of aromatic nitrogens is 2. The Kier molecular flexibility index (Phi) is 5.28. The highest BCUT2D eigenvalue weighted by molar-refractivity contribution is 5.76. The van der Waals surface area contributed by atoms with Crippen LogP contribution in [-0.4, -0.2) is 57.2 Å². The molecule has 1 amide bonds. The Bertz CT molecular complexity index is 580. The van der Waals surface area contributed by atoms with E-state index < -0.39 is 0 Å². The molecule has 5 heteroatoms. The summed E-state index contributed by atoms with van der Waals surface area (Å²) in [6.07, 6.45) is 4.44. The third-order valence-electron chi connectivity index (χ3n) is 5.73. The van der Waals surface area contributed by atoms with Gasteiger partial charge in [0.05, 0.1) is 5.69 Å². The smallest absolute Gasteiger partial charge is 0.224 e. The van der Waals surface area contributed by atoms with Gasteiger partial charge in [-0.2, -0.15) is 5.10 Å². The van der Waals surface area contributed by atoms with Gasteiger partial charge in [-0.3, -0.25) is 14.4 Å². The third-order valence-corrected chi connectivity index (χ3v) is 5.73. The van der Waals surface area contributed by atoms with E-state index >= 15 is 0 Å². The molecule has 0 radical (unpaired) electrons. The summed E-state index contributed by atoms with van der Waals surface area (Å²) in [6, 6.07) is 3.20. The molecule has 2 atom stereocenters. The van der Waals surface area contributed by atoms with Crippen LogP contribution in [0.15, 0.2) is 6.07 Å². The number of nitrogens with zero attached hydrogens (tertiary/aromatic N) is 4. The van der Waals surface area contributed by atoms with Crippen molar-refractivity contribution in [3.8, 4) is 0 Å². The van der Waals surface area contributed by atoms with E-state index in [0.29, 0.717) is 36.9 Å². The molecule has 0 spiro atoms. The minimum absolute atomic E-state index is 0.291. The highest BCUT2D eigenvalue weighted by atomic mass is 16.2. The van der Waals surface area contributed by atoms with E-state index in [2.05, 4.69) is 41.7 Å². The lowest BCUT2D eigenvalue weighted by Crippen LogP contribution is -2.44. The van der Waals surface area contributed by atoms with Gasteiger partial charge in [-0.25, -0.2) is 0 Å². The van der Waals surface area contributed by atoms with Crippen LogP contribution in [0.1, 0.15) is 50.9 Å². The fourth-order valence-electron chi connectivity index (χ4n) is 4.49. The Morgan fingerprint density at radius 2 is 2.08 bits per heavy atom. The van der Waals surface area contributed by atoms with Crippen molar-refractivity contribution in [1.82, 2.24) is 19.6 Å². The maximum atomic E-state index is 12.7. The van der Waals surface area contributed by atoms with Crippen LogP contribution in [-0.2, 0) is 11.3 Å². The summed E-state index contributed by atoms with van der Waals surface area (Å²) in [4.78, 5) is 17.5. The number of likely N-dealkylation sites (tertiary alicyclic amines) is 2. The Hall–Kier alpha value is -1.36. The lowest BCUT2D eigenvalue weighted by atomic mass is 9.98. The molecule has 2 saturated heterocycles. The summed E-state index contributed by atoms with van der Waals surface area (Å²) in [7, 11) is 0. The number of carbonyl (C=O) groups is 1. The third kappa shape index (κ3) is 3.66. The fourth-order valence-corrected chi connectivity index (χ4v) is 4.49. The van der Waals surface area contributed by atoms with Crippen LogP contribution >= 0.6 is 0 Å². The normalized spacial score (nSPS) is 25.1. The molecule has 0 N–H and O–H groups in total. The predicted octanol–water partition coefficient (Wildman–Crippen LogP) is 2.61. The lowest BCUT2D eigenvalue weighted by Gasteiger charge is -2.33. The molecule has 2 aliphatic heterocycles. The summed E-state index contributed by atoms with van der Waals surface area (Å²) in [6.45, 7) is 12.4. The first-order valence-electron chi connectivity index (χ1n) is 9.50. The van der Waals surface area contributed by atoms with Crippen molar-refractivity contribution >= 4 is 5.91 Å². The van der Waals surface area contributed by atoms with Gasteiger partial charge in [0.2, 0.25) is 5.91 Å². The SMILES string of the molecule is Cc1cc(C)n(CCC(=O)N2C[C@@H]3CCCCN(C(C)C)[C@@H]3C2)n1. The summed E-state index contributed by atoms with van der Waals surface area (Å²) >= 11 is 0. The number of amides is 1. The topological polar surface area (TPSA) is 41.4 Å². The highest BCUT2D eigenvalue weighted by Gasteiger charge is 2.39. The molecule has 2 fully saturated rings. The zero-order valence-electron chi connectivity index (χ0n) is 15.7. The van der Waals surface area contributed by atoms with E-state index in [1.807, 2.05) is 11.6 Å². The number of hydrogen-bond donors (Lipinski definition) is 0. The van der Waals surface area contributed by atoms with Gasteiger partial charge in [-0.05, 0) is 59.1 Å². The van der Waals surface area contributed by atoms with E-state index in [4.69, 9.17) is 0 Å². The van der Waals surface area contributed by atoms with Crippen molar-refractivity contribution in [3.05, 3.63) is 17.5 Å². The van der Waals surface area contributed by atoms with Gasteiger partial charge in [-0.1, -0.05) is 6.42 Å². The zero-order chi connectivity index (χ0) is 17.3. The van der Waals surface area contributed by atoms with E-state index in [9.17, 15) is 4.79 Å². The first-order chi connectivity index (χ1) is 11.5. The van der Waals surface area contributed by atoms with Crippen molar-refractivity contribution in [2.75, 3.05) is 19.6 Å². The van der Waals surface area contributed by atoms with Crippen LogP contribution in [0.3, 0.4) is 0 Å². The molecule has 1 aromatic heterocycles. The predicted molar refractivity (Wildman–Crippen MR) is 95.9 cm³/mol.